The van der Waals surface area contributed by atoms with Crippen molar-refractivity contribution >= 4 is 27.0 Å². The van der Waals surface area contributed by atoms with Gasteiger partial charge in [0, 0.05) is 18.3 Å². The van der Waals surface area contributed by atoms with Crippen LogP contribution in [0.3, 0.4) is 0 Å². The van der Waals surface area contributed by atoms with E-state index in [0.717, 1.165) is 0 Å². The summed E-state index contributed by atoms with van der Waals surface area (Å²) in [7, 11) is -2.31. The molecule has 9 nitrogen and oxygen atoms in total. The highest BCUT2D eigenvalue weighted by molar-refractivity contribution is 7.93. The predicted octanol–water partition coefficient (Wildman–Crippen LogP) is 3.27. The number of sulfonamides is 1. The standard InChI is InChI=1S/C20H21N5O4S2/c1-5-17-21-19(22-29-17)15-11-16(13(3)30-15)31(27,28)23-18-12(2)24(4)25(20(18)26)14-9-7-6-8-10-14/h6-11,23H,5H2,1-4H3. The summed E-state index contributed by atoms with van der Waals surface area (Å²) in [5.74, 6) is 0.818. The Morgan fingerprint density at radius 3 is 2.55 bits per heavy atom. The fourth-order valence-electron chi connectivity index (χ4n) is 3.22. The van der Waals surface area contributed by atoms with Gasteiger partial charge in [-0.2, -0.15) is 4.98 Å². The van der Waals surface area contributed by atoms with Crippen LogP contribution in [0.25, 0.3) is 16.4 Å². The number of hydrogen-bond acceptors (Lipinski definition) is 7. The minimum absolute atomic E-state index is 0.00586. The monoisotopic (exact) mass is 459 g/mol. The number of anilines is 1. The first-order chi connectivity index (χ1) is 14.7. The summed E-state index contributed by atoms with van der Waals surface area (Å²) in [4.78, 5) is 18.5. The Kier molecular flexibility index (Phi) is 5.31. The topological polar surface area (TPSA) is 112 Å². The first-order valence-corrected chi connectivity index (χ1v) is 11.8. The molecule has 4 rings (SSSR count). The molecule has 0 saturated heterocycles. The fraction of sp³-hybridized carbons (Fsp3) is 0.250. The maximum absolute atomic E-state index is 13.2. The molecule has 1 N–H and O–H groups in total. The van der Waals surface area contributed by atoms with Crippen LogP contribution in [-0.4, -0.2) is 27.9 Å². The third kappa shape index (κ3) is 3.70. The van der Waals surface area contributed by atoms with Crippen molar-refractivity contribution in [3.63, 3.8) is 0 Å². The highest BCUT2D eigenvalue weighted by Crippen LogP contribution is 2.33. The van der Waals surface area contributed by atoms with Crippen molar-refractivity contribution in [1.29, 1.82) is 0 Å². The number of thiophene rings is 1. The molecule has 0 saturated carbocycles. The van der Waals surface area contributed by atoms with Crippen molar-refractivity contribution in [2.45, 2.75) is 32.1 Å². The summed E-state index contributed by atoms with van der Waals surface area (Å²) in [6.45, 7) is 5.28. The maximum atomic E-state index is 13.2. The maximum Gasteiger partial charge on any atom is 0.296 e. The van der Waals surface area contributed by atoms with Gasteiger partial charge in [-0.3, -0.25) is 14.2 Å². The number of aryl methyl sites for hydroxylation is 2. The van der Waals surface area contributed by atoms with Crippen molar-refractivity contribution in [2.24, 2.45) is 7.05 Å². The zero-order chi connectivity index (χ0) is 22.3. The second kappa shape index (κ2) is 7.82. The Bertz CT molecular complexity index is 1410. The molecule has 3 aromatic heterocycles. The van der Waals surface area contributed by atoms with Crippen molar-refractivity contribution in [3.8, 4) is 16.4 Å². The molecule has 31 heavy (non-hydrogen) atoms. The third-order valence-electron chi connectivity index (χ3n) is 4.94. The van der Waals surface area contributed by atoms with Crippen LogP contribution < -0.4 is 10.3 Å². The van der Waals surface area contributed by atoms with Crippen molar-refractivity contribution < 1.29 is 12.9 Å². The number of benzene rings is 1. The zero-order valence-corrected chi connectivity index (χ0v) is 19.0. The van der Waals surface area contributed by atoms with Crippen LogP contribution in [0.2, 0.25) is 0 Å². The minimum Gasteiger partial charge on any atom is -0.339 e. The molecular formula is C20H21N5O4S2. The number of nitrogens with one attached hydrogen (secondary N) is 1. The van der Waals surface area contributed by atoms with E-state index in [1.54, 1.807) is 37.7 Å². The number of rotatable bonds is 6. The Hall–Kier alpha value is -3.18. The van der Waals surface area contributed by atoms with E-state index in [9.17, 15) is 13.2 Å². The van der Waals surface area contributed by atoms with E-state index in [1.807, 2.05) is 25.1 Å². The Balaban J connectivity index is 1.73. The van der Waals surface area contributed by atoms with Gasteiger partial charge in [-0.05, 0) is 32.0 Å². The molecule has 0 fully saturated rings. The normalized spacial score (nSPS) is 11.7. The second-order valence-corrected chi connectivity index (χ2v) is 9.85. The molecule has 0 aliphatic carbocycles. The number of nitrogens with zero attached hydrogens (tertiary/aromatic N) is 4. The molecule has 4 aromatic rings. The van der Waals surface area contributed by atoms with Crippen molar-refractivity contribution in [2.75, 3.05) is 4.72 Å². The molecule has 1 aromatic carbocycles. The average Bonchev–Trinajstić information content (AvgIpc) is 3.43. The molecule has 0 amide bonds. The van der Waals surface area contributed by atoms with Gasteiger partial charge in [0.15, 0.2) is 0 Å². The molecule has 0 radical (unpaired) electrons. The van der Waals surface area contributed by atoms with Gasteiger partial charge in [0.1, 0.15) is 10.6 Å². The lowest BCUT2D eigenvalue weighted by Gasteiger charge is -2.07. The molecule has 0 unspecified atom stereocenters. The minimum atomic E-state index is -4.01. The lowest BCUT2D eigenvalue weighted by Crippen LogP contribution is -2.23. The molecule has 0 bridgehead atoms. The van der Waals surface area contributed by atoms with E-state index in [2.05, 4.69) is 14.9 Å². The van der Waals surface area contributed by atoms with E-state index in [-0.39, 0.29) is 10.6 Å². The first-order valence-electron chi connectivity index (χ1n) is 9.53. The van der Waals surface area contributed by atoms with Gasteiger partial charge in [-0.1, -0.05) is 30.3 Å². The van der Waals surface area contributed by atoms with E-state index < -0.39 is 15.6 Å². The lowest BCUT2D eigenvalue weighted by molar-refractivity contribution is 0.383. The van der Waals surface area contributed by atoms with Crippen molar-refractivity contribution in [3.05, 3.63) is 63.2 Å². The molecule has 3 heterocycles. The van der Waals surface area contributed by atoms with Crippen LogP contribution >= 0.6 is 11.3 Å². The summed E-state index contributed by atoms with van der Waals surface area (Å²) in [6.07, 6.45) is 0.588. The van der Waals surface area contributed by atoms with E-state index >= 15 is 0 Å². The van der Waals surface area contributed by atoms with E-state index in [1.165, 1.54) is 22.1 Å². The predicted molar refractivity (Wildman–Crippen MR) is 118 cm³/mol. The van der Waals surface area contributed by atoms with Gasteiger partial charge in [0.2, 0.25) is 11.7 Å². The molecule has 162 valence electrons. The molecule has 11 heteroatoms. The van der Waals surface area contributed by atoms with E-state index in [4.69, 9.17) is 4.52 Å². The fourth-order valence-corrected chi connectivity index (χ4v) is 5.85. The highest BCUT2D eigenvalue weighted by Gasteiger charge is 2.26. The quantitative estimate of drug-likeness (QED) is 0.474. The van der Waals surface area contributed by atoms with Gasteiger partial charge >= 0.3 is 0 Å². The van der Waals surface area contributed by atoms with Gasteiger partial charge in [-0.25, -0.2) is 13.1 Å². The number of hydrogen-bond donors (Lipinski definition) is 1. The molecule has 0 atom stereocenters. The smallest absolute Gasteiger partial charge is 0.296 e. The summed E-state index contributed by atoms with van der Waals surface area (Å²) >= 11 is 1.25. The molecule has 0 aliphatic heterocycles. The average molecular weight is 460 g/mol. The van der Waals surface area contributed by atoms with Crippen LogP contribution in [0.15, 0.2) is 50.6 Å². The van der Waals surface area contributed by atoms with Gasteiger partial charge in [-0.15, -0.1) is 11.3 Å². The molecular weight excluding hydrogens is 438 g/mol. The van der Waals surface area contributed by atoms with Crippen LogP contribution in [0.4, 0.5) is 5.69 Å². The lowest BCUT2D eigenvalue weighted by atomic mass is 10.3. The zero-order valence-electron chi connectivity index (χ0n) is 17.4. The Morgan fingerprint density at radius 2 is 1.90 bits per heavy atom. The second-order valence-electron chi connectivity index (χ2n) is 6.94. The van der Waals surface area contributed by atoms with Crippen LogP contribution in [0.5, 0.6) is 0 Å². The number of aromatic nitrogens is 4. The molecule has 0 aliphatic rings. The highest BCUT2D eigenvalue weighted by atomic mass is 32.2. The summed E-state index contributed by atoms with van der Waals surface area (Å²) in [5.41, 5.74) is 0.692. The number of para-hydroxylation sites is 1. The summed E-state index contributed by atoms with van der Waals surface area (Å²) in [6, 6.07) is 10.5. The van der Waals surface area contributed by atoms with Crippen LogP contribution in [0, 0.1) is 13.8 Å². The van der Waals surface area contributed by atoms with Crippen LogP contribution in [-0.2, 0) is 23.5 Å². The summed E-state index contributed by atoms with van der Waals surface area (Å²) < 4.78 is 37.0. The van der Waals surface area contributed by atoms with Crippen molar-refractivity contribution in [1.82, 2.24) is 19.5 Å². The Labute approximate surface area is 183 Å². The molecule has 0 spiro atoms. The van der Waals surface area contributed by atoms with E-state index in [0.29, 0.717) is 39.3 Å². The third-order valence-corrected chi connectivity index (χ3v) is 7.59. The van der Waals surface area contributed by atoms with Gasteiger partial charge in [0.25, 0.3) is 15.6 Å². The summed E-state index contributed by atoms with van der Waals surface area (Å²) in [5, 5.41) is 3.91. The Morgan fingerprint density at radius 1 is 1.19 bits per heavy atom. The van der Waals surface area contributed by atoms with Crippen LogP contribution in [0.1, 0.15) is 23.4 Å². The van der Waals surface area contributed by atoms with Gasteiger partial charge < -0.3 is 4.52 Å². The SMILES string of the molecule is CCc1nc(-c2cc(S(=O)(=O)Nc3c(C)n(C)n(-c4ccccc4)c3=O)c(C)s2)no1. The first kappa shape index (κ1) is 21.1. The van der Waals surface area contributed by atoms with Gasteiger partial charge in [0.05, 0.1) is 16.3 Å². The largest absolute Gasteiger partial charge is 0.339 e.